The van der Waals surface area contributed by atoms with E-state index in [1.165, 1.54) is 0 Å². The minimum Gasteiger partial charge on any atom is -0.352 e. The van der Waals surface area contributed by atoms with E-state index >= 15 is 0 Å². The molecule has 22 heavy (non-hydrogen) atoms. The number of amides is 2. The van der Waals surface area contributed by atoms with Gasteiger partial charge in [-0.15, -0.1) is 0 Å². The second-order valence-electron chi connectivity index (χ2n) is 5.49. The van der Waals surface area contributed by atoms with Crippen molar-refractivity contribution in [1.29, 1.82) is 0 Å². The monoisotopic (exact) mass is 294 g/mol. The molecule has 4 heteroatoms. The molecule has 0 radical (unpaired) electrons. The highest BCUT2D eigenvalue weighted by Gasteiger charge is 2.30. The summed E-state index contributed by atoms with van der Waals surface area (Å²) in [4.78, 5) is 25.9. The van der Waals surface area contributed by atoms with Crippen LogP contribution in [0.1, 0.15) is 16.8 Å². The molecule has 1 heterocycles. The van der Waals surface area contributed by atoms with Crippen LogP contribution in [0.4, 0.5) is 5.69 Å². The van der Waals surface area contributed by atoms with Crippen LogP contribution in [0.25, 0.3) is 0 Å². The average Bonchev–Trinajstić information content (AvgIpc) is 2.95. The molecule has 1 aliphatic heterocycles. The number of carbonyl (C=O) groups excluding carboxylic acids is 2. The number of hydrogen-bond donors (Lipinski definition) is 1. The van der Waals surface area contributed by atoms with Crippen molar-refractivity contribution in [2.45, 2.75) is 6.42 Å². The lowest BCUT2D eigenvalue weighted by atomic mass is 10.1. The van der Waals surface area contributed by atoms with Gasteiger partial charge >= 0.3 is 0 Å². The Morgan fingerprint density at radius 1 is 1.05 bits per heavy atom. The summed E-state index contributed by atoms with van der Waals surface area (Å²) in [5.41, 5.74) is 1.57. The first-order chi connectivity index (χ1) is 10.7. The molecule has 2 aromatic carbocycles. The standard InChI is InChI=1S/C18H18N2O2/c21-17-11-14(13-20(17)16-9-5-2-6-10-16)12-19-18(22)15-7-3-1-4-8-15/h1-10,14H,11-13H2,(H,19,22)/t14-/m1/s1. The van der Waals surface area contributed by atoms with Crippen LogP contribution in [-0.4, -0.2) is 24.9 Å². The van der Waals surface area contributed by atoms with E-state index in [4.69, 9.17) is 0 Å². The normalized spacial score (nSPS) is 17.5. The molecule has 4 nitrogen and oxygen atoms in total. The van der Waals surface area contributed by atoms with Gasteiger partial charge in [-0.25, -0.2) is 0 Å². The summed E-state index contributed by atoms with van der Waals surface area (Å²) in [6.07, 6.45) is 0.476. The van der Waals surface area contributed by atoms with E-state index in [1.54, 1.807) is 17.0 Å². The van der Waals surface area contributed by atoms with Crippen molar-refractivity contribution in [3.63, 3.8) is 0 Å². The van der Waals surface area contributed by atoms with Crippen LogP contribution in [0.5, 0.6) is 0 Å². The highest BCUT2D eigenvalue weighted by molar-refractivity contribution is 5.96. The maximum Gasteiger partial charge on any atom is 0.251 e. The lowest BCUT2D eigenvalue weighted by Crippen LogP contribution is -2.31. The first-order valence-corrected chi connectivity index (χ1v) is 7.42. The summed E-state index contributed by atoms with van der Waals surface area (Å²) in [6, 6.07) is 18.8. The quantitative estimate of drug-likeness (QED) is 0.941. The van der Waals surface area contributed by atoms with Crippen LogP contribution in [0.15, 0.2) is 60.7 Å². The van der Waals surface area contributed by atoms with Crippen LogP contribution in [0.2, 0.25) is 0 Å². The SMILES string of the molecule is O=C(NC[C@H]1CC(=O)N(c2ccccc2)C1)c1ccccc1. The zero-order valence-corrected chi connectivity index (χ0v) is 12.2. The summed E-state index contributed by atoms with van der Waals surface area (Å²) in [6.45, 7) is 1.17. The summed E-state index contributed by atoms with van der Waals surface area (Å²) in [5.74, 6) is 0.178. The molecule has 2 amide bonds. The molecule has 1 saturated heterocycles. The molecule has 2 aromatic rings. The van der Waals surface area contributed by atoms with Crippen LogP contribution < -0.4 is 10.2 Å². The van der Waals surface area contributed by atoms with Crippen molar-refractivity contribution < 1.29 is 9.59 Å². The summed E-state index contributed by atoms with van der Waals surface area (Å²) < 4.78 is 0. The summed E-state index contributed by atoms with van der Waals surface area (Å²) >= 11 is 0. The third-order valence-corrected chi connectivity index (χ3v) is 3.86. The van der Waals surface area contributed by atoms with E-state index in [2.05, 4.69) is 5.32 Å². The molecule has 0 bridgehead atoms. The molecule has 0 unspecified atom stereocenters. The number of nitrogens with one attached hydrogen (secondary N) is 1. The second-order valence-corrected chi connectivity index (χ2v) is 5.49. The minimum atomic E-state index is -0.0915. The zero-order valence-electron chi connectivity index (χ0n) is 12.2. The van der Waals surface area contributed by atoms with Crippen molar-refractivity contribution in [2.75, 3.05) is 18.0 Å². The number of nitrogens with zero attached hydrogens (tertiary/aromatic N) is 1. The molecule has 0 saturated carbocycles. The highest BCUT2D eigenvalue weighted by Crippen LogP contribution is 2.24. The topological polar surface area (TPSA) is 49.4 Å². The Bertz CT molecular complexity index is 655. The predicted molar refractivity (Wildman–Crippen MR) is 85.7 cm³/mol. The van der Waals surface area contributed by atoms with Gasteiger partial charge in [-0.1, -0.05) is 36.4 Å². The fourth-order valence-corrected chi connectivity index (χ4v) is 2.70. The van der Waals surface area contributed by atoms with E-state index in [1.807, 2.05) is 48.5 Å². The van der Waals surface area contributed by atoms with E-state index in [0.29, 0.717) is 25.1 Å². The highest BCUT2D eigenvalue weighted by atomic mass is 16.2. The van der Waals surface area contributed by atoms with E-state index in [-0.39, 0.29) is 17.7 Å². The Morgan fingerprint density at radius 2 is 1.68 bits per heavy atom. The molecule has 1 fully saturated rings. The van der Waals surface area contributed by atoms with E-state index in [9.17, 15) is 9.59 Å². The number of hydrogen-bond acceptors (Lipinski definition) is 2. The number of para-hydroxylation sites is 1. The molecule has 112 valence electrons. The maximum atomic E-state index is 12.1. The molecule has 1 atom stereocenters. The first kappa shape index (κ1) is 14.3. The summed E-state index contributed by atoms with van der Waals surface area (Å²) in [5, 5.41) is 2.92. The van der Waals surface area contributed by atoms with E-state index in [0.717, 1.165) is 5.69 Å². The van der Waals surface area contributed by atoms with Crippen molar-refractivity contribution >= 4 is 17.5 Å². The van der Waals surface area contributed by atoms with Gasteiger partial charge in [0.2, 0.25) is 5.91 Å². The predicted octanol–water partition coefficient (Wildman–Crippen LogP) is 2.47. The third kappa shape index (κ3) is 3.17. The van der Waals surface area contributed by atoms with Gasteiger partial charge in [-0.2, -0.15) is 0 Å². The van der Waals surface area contributed by atoms with Gasteiger partial charge in [0.25, 0.3) is 5.91 Å². The molecule has 3 rings (SSSR count). The summed E-state index contributed by atoms with van der Waals surface area (Å²) in [7, 11) is 0. The van der Waals surface area contributed by atoms with Crippen LogP contribution >= 0.6 is 0 Å². The van der Waals surface area contributed by atoms with Gasteiger partial charge in [0.15, 0.2) is 0 Å². The Hall–Kier alpha value is -2.62. The van der Waals surface area contributed by atoms with Gasteiger partial charge in [-0.3, -0.25) is 9.59 Å². The maximum absolute atomic E-state index is 12.1. The molecule has 1 N–H and O–H groups in total. The lowest BCUT2D eigenvalue weighted by molar-refractivity contribution is -0.117. The lowest BCUT2D eigenvalue weighted by Gasteiger charge is -2.16. The number of anilines is 1. The Labute approximate surface area is 129 Å². The van der Waals surface area contributed by atoms with Crippen LogP contribution in [0.3, 0.4) is 0 Å². The van der Waals surface area contributed by atoms with Gasteiger partial charge in [0.1, 0.15) is 0 Å². The molecule has 1 aliphatic rings. The van der Waals surface area contributed by atoms with E-state index < -0.39 is 0 Å². The second kappa shape index (κ2) is 6.43. The number of carbonyl (C=O) groups is 2. The largest absolute Gasteiger partial charge is 0.352 e. The Balaban J connectivity index is 1.57. The van der Waals surface area contributed by atoms with Gasteiger partial charge < -0.3 is 10.2 Å². The van der Waals surface area contributed by atoms with Crippen LogP contribution in [0, 0.1) is 5.92 Å². The fourth-order valence-electron chi connectivity index (χ4n) is 2.70. The first-order valence-electron chi connectivity index (χ1n) is 7.42. The number of rotatable bonds is 4. The number of benzene rings is 2. The van der Waals surface area contributed by atoms with Crippen molar-refractivity contribution in [3.8, 4) is 0 Å². The zero-order chi connectivity index (χ0) is 15.4. The minimum absolute atomic E-state index is 0.0915. The average molecular weight is 294 g/mol. The van der Waals surface area contributed by atoms with Crippen molar-refractivity contribution in [3.05, 3.63) is 66.2 Å². The molecule has 0 aliphatic carbocycles. The third-order valence-electron chi connectivity index (χ3n) is 3.86. The molecule has 0 spiro atoms. The van der Waals surface area contributed by atoms with Crippen molar-refractivity contribution in [2.24, 2.45) is 5.92 Å². The molecular weight excluding hydrogens is 276 g/mol. The Kier molecular flexibility index (Phi) is 4.19. The molecular formula is C18H18N2O2. The van der Waals surface area contributed by atoms with Crippen molar-refractivity contribution in [1.82, 2.24) is 5.32 Å². The molecule has 0 aromatic heterocycles. The van der Waals surface area contributed by atoms with Gasteiger partial charge in [-0.05, 0) is 24.3 Å². The fraction of sp³-hybridized carbons (Fsp3) is 0.222. The van der Waals surface area contributed by atoms with Gasteiger partial charge in [0.05, 0.1) is 0 Å². The van der Waals surface area contributed by atoms with Gasteiger partial charge in [0, 0.05) is 36.7 Å². The smallest absolute Gasteiger partial charge is 0.251 e. The Morgan fingerprint density at radius 3 is 2.36 bits per heavy atom. The van der Waals surface area contributed by atoms with Crippen LogP contribution in [-0.2, 0) is 4.79 Å².